The fourth-order valence-electron chi connectivity index (χ4n) is 4.68. The van der Waals surface area contributed by atoms with Gasteiger partial charge >= 0.3 is 51.4 Å². The summed E-state index contributed by atoms with van der Waals surface area (Å²) >= 11 is 0. The van der Waals surface area contributed by atoms with Crippen LogP contribution in [-0.4, -0.2) is 56.9 Å². The summed E-state index contributed by atoms with van der Waals surface area (Å²) in [5, 5.41) is 2.25. The van der Waals surface area contributed by atoms with Crippen LogP contribution in [0.5, 0.6) is 0 Å². The van der Waals surface area contributed by atoms with Gasteiger partial charge < -0.3 is 14.8 Å². The molecule has 1 N–H and O–H groups in total. The number of carbonyl (C=O) groups is 1. The van der Waals surface area contributed by atoms with Gasteiger partial charge in [-0.25, -0.2) is 8.42 Å². The predicted octanol–water partition coefficient (Wildman–Crippen LogP) is -1.01. The van der Waals surface area contributed by atoms with Gasteiger partial charge in [0.25, 0.3) is 0 Å². The molecule has 0 spiro atoms. The Morgan fingerprint density at radius 2 is 1.68 bits per heavy atom. The van der Waals surface area contributed by atoms with Crippen molar-refractivity contribution in [3.05, 3.63) is 33.0 Å². The first-order valence-electron chi connectivity index (χ1n) is 9.77. The summed E-state index contributed by atoms with van der Waals surface area (Å²) in [6.45, 7) is 2.19. The second-order valence-electron chi connectivity index (χ2n) is 8.04. The first-order chi connectivity index (χ1) is 13.0. The maximum atomic E-state index is 12.5. The third kappa shape index (κ3) is 3.84. The van der Waals surface area contributed by atoms with E-state index < -0.39 is 21.3 Å². The summed E-state index contributed by atoms with van der Waals surface area (Å²) in [4.78, 5) is 14.5. The van der Waals surface area contributed by atoms with Crippen LogP contribution in [0, 0.1) is 0 Å². The number of fused-ring (bicyclic) bond motifs is 2. The number of likely N-dealkylation sites (tertiary alicyclic amines) is 1. The molecule has 0 aromatic heterocycles. The normalized spacial score (nSPS) is 21.9. The van der Waals surface area contributed by atoms with Gasteiger partial charge in [0, 0.05) is 13.1 Å². The summed E-state index contributed by atoms with van der Waals surface area (Å²) < 4.78 is 33.7. The molecule has 2 heterocycles. The standard InChI is InChI=1S/C19H25N3O4S.K/c23-19(21-27(24,25)15-8-22(9-15)14-10-26-11-14)20-18-16-5-1-3-12(16)7-13-4-2-6-17(13)18;/h7,14-15H,1-6,8-11H2,(H2,20,21,23);/q;+1/p-1. The Balaban J connectivity index is 0.00000192. The van der Waals surface area contributed by atoms with Crippen LogP contribution in [0.3, 0.4) is 0 Å². The Morgan fingerprint density at radius 3 is 2.21 bits per heavy atom. The van der Waals surface area contributed by atoms with E-state index in [1.165, 1.54) is 22.3 Å². The van der Waals surface area contributed by atoms with Crippen molar-refractivity contribution in [1.29, 1.82) is 0 Å². The average Bonchev–Trinajstić information content (AvgIpc) is 3.15. The summed E-state index contributed by atoms with van der Waals surface area (Å²) in [6.07, 6.45) is 6.10. The zero-order chi connectivity index (χ0) is 18.6. The average molecular weight is 430 g/mol. The molecule has 28 heavy (non-hydrogen) atoms. The molecule has 1 aromatic rings. The van der Waals surface area contributed by atoms with Crippen LogP contribution in [0.1, 0.15) is 35.1 Å². The number of nitrogens with zero attached hydrogens (tertiary/aromatic N) is 2. The molecule has 9 heteroatoms. The number of hydrogen-bond donors (Lipinski definition) is 1. The van der Waals surface area contributed by atoms with Crippen molar-refractivity contribution in [2.24, 2.45) is 0 Å². The third-order valence-electron chi connectivity index (χ3n) is 6.35. The van der Waals surface area contributed by atoms with Crippen molar-refractivity contribution in [2.45, 2.75) is 49.8 Å². The quantitative estimate of drug-likeness (QED) is 0.620. The molecule has 0 atom stereocenters. The number of anilines is 1. The van der Waals surface area contributed by atoms with Crippen molar-refractivity contribution in [3.63, 3.8) is 0 Å². The smallest absolute Gasteiger partial charge is 0.423 e. The summed E-state index contributed by atoms with van der Waals surface area (Å²) in [6, 6.07) is 1.84. The molecule has 2 aliphatic carbocycles. The predicted molar refractivity (Wildman–Crippen MR) is 102 cm³/mol. The first kappa shape index (κ1) is 21.2. The van der Waals surface area contributed by atoms with Crippen LogP contribution >= 0.6 is 0 Å². The molecule has 0 saturated carbocycles. The molecule has 4 aliphatic rings. The first-order valence-corrected chi connectivity index (χ1v) is 11.3. The van der Waals surface area contributed by atoms with E-state index in [0.29, 0.717) is 32.3 Å². The van der Waals surface area contributed by atoms with E-state index in [1.54, 1.807) is 0 Å². The van der Waals surface area contributed by atoms with E-state index >= 15 is 0 Å². The number of carbonyl (C=O) groups excluding carboxylic acids is 1. The Morgan fingerprint density at radius 1 is 1.07 bits per heavy atom. The Kier molecular flexibility index (Phi) is 6.27. The largest absolute Gasteiger partial charge is 1.00 e. The fourth-order valence-corrected chi connectivity index (χ4v) is 5.86. The van der Waals surface area contributed by atoms with Crippen molar-refractivity contribution in [2.75, 3.05) is 31.6 Å². The van der Waals surface area contributed by atoms with Gasteiger partial charge in [-0.3, -0.25) is 9.69 Å². The molecule has 1 aromatic carbocycles. The van der Waals surface area contributed by atoms with Gasteiger partial charge in [-0.05, 0) is 66.5 Å². The second-order valence-corrected chi connectivity index (χ2v) is 9.92. The number of urea groups is 1. The molecule has 7 nitrogen and oxygen atoms in total. The number of benzene rings is 1. The minimum Gasteiger partial charge on any atom is -0.423 e. The molecule has 2 amide bonds. The van der Waals surface area contributed by atoms with Gasteiger partial charge in [0.2, 0.25) is 0 Å². The van der Waals surface area contributed by atoms with E-state index in [0.717, 1.165) is 44.2 Å². The summed E-state index contributed by atoms with van der Waals surface area (Å²) in [7, 11) is -3.79. The monoisotopic (exact) mass is 429 g/mol. The number of sulfonamides is 1. The topological polar surface area (TPSA) is 89.8 Å². The van der Waals surface area contributed by atoms with E-state index in [4.69, 9.17) is 4.74 Å². The van der Waals surface area contributed by atoms with Gasteiger partial charge in [-0.15, -0.1) is 0 Å². The van der Waals surface area contributed by atoms with Crippen LogP contribution in [0.2, 0.25) is 0 Å². The maximum Gasteiger partial charge on any atom is 1.00 e. The number of hydrogen-bond acceptors (Lipinski definition) is 5. The molecular formula is C19H24KN3O4S. The van der Waals surface area contributed by atoms with E-state index in [2.05, 4.69) is 21.0 Å². The zero-order valence-corrected chi connectivity index (χ0v) is 20.2. The maximum absolute atomic E-state index is 12.5. The minimum atomic E-state index is -3.79. The number of amides is 2. The van der Waals surface area contributed by atoms with E-state index in [-0.39, 0.29) is 51.4 Å². The van der Waals surface area contributed by atoms with Gasteiger partial charge in [0.15, 0.2) is 16.1 Å². The molecule has 2 fully saturated rings. The van der Waals surface area contributed by atoms with Crippen LogP contribution in [0.4, 0.5) is 10.5 Å². The van der Waals surface area contributed by atoms with Crippen LogP contribution in [-0.2, 0) is 40.4 Å². The SMILES string of the molecule is O=C([N-]S(=O)(=O)C1CN(C2COC2)C1)Nc1c2c(cc3c1CCC3)CCC2.[K+]. The molecule has 2 aliphatic heterocycles. The number of rotatable bonds is 4. The molecule has 146 valence electrons. The number of nitrogens with one attached hydrogen (secondary N) is 1. The molecular weight excluding hydrogens is 405 g/mol. The van der Waals surface area contributed by atoms with Gasteiger partial charge in [0.05, 0.1) is 24.5 Å². The minimum absolute atomic E-state index is 0. The van der Waals surface area contributed by atoms with Crippen molar-refractivity contribution in [3.8, 4) is 0 Å². The molecule has 5 rings (SSSR count). The van der Waals surface area contributed by atoms with Crippen molar-refractivity contribution >= 4 is 21.7 Å². The van der Waals surface area contributed by atoms with E-state index in [9.17, 15) is 13.2 Å². The Hall–Kier alpha value is -0.00364. The van der Waals surface area contributed by atoms with E-state index in [1.807, 2.05) is 0 Å². The second kappa shape index (κ2) is 8.26. The molecule has 0 unspecified atom stereocenters. The van der Waals surface area contributed by atoms with Crippen LogP contribution in [0.15, 0.2) is 6.07 Å². The number of aryl methyl sites for hydroxylation is 2. The van der Waals surface area contributed by atoms with Crippen molar-refractivity contribution in [1.82, 2.24) is 4.90 Å². The fraction of sp³-hybridized carbons (Fsp3) is 0.632. The van der Waals surface area contributed by atoms with Gasteiger partial charge in [-0.2, -0.15) is 0 Å². The molecule has 0 bridgehead atoms. The summed E-state index contributed by atoms with van der Waals surface area (Å²) in [5.74, 6) is 0. The molecule has 0 radical (unpaired) electrons. The third-order valence-corrected chi connectivity index (χ3v) is 7.91. The van der Waals surface area contributed by atoms with Gasteiger partial charge in [0.1, 0.15) is 0 Å². The van der Waals surface area contributed by atoms with Crippen LogP contribution in [0.25, 0.3) is 4.72 Å². The zero-order valence-electron chi connectivity index (χ0n) is 16.2. The van der Waals surface area contributed by atoms with Crippen molar-refractivity contribution < 1.29 is 69.3 Å². The number of ether oxygens (including phenoxy) is 1. The Bertz CT molecular complexity index is 863. The molecule has 2 saturated heterocycles. The Labute approximate surface area is 208 Å². The van der Waals surface area contributed by atoms with Gasteiger partial charge in [-0.1, -0.05) is 6.07 Å². The summed E-state index contributed by atoms with van der Waals surface area (Å²) in [5.41, 5.74) is 5.79. The van der Waals surface area contributed by atoms with Crippen LogP contribution < -0.4 is 56.7 Å².